The average Bonchev–Trinajstić information content (AvgIpc) is 3.25. The largest absolute Gasteiger partial charge is 0.465 e. The van der Waals surface area contributed by atoms with Crippen LogP contribution in [0.5, 0.6) is 0 Å². The van der Waals surface area contributed by atoms with Gasteiger partial charge in [-0.05, 0) is 39.7 Å². The number of carbonyl (C=O) groups is 1. The van der Waals surface area contributed by atoms with Gasteiger partial charge in [0, 0.05) is 12.3 Å². The summed E-state index contributed by atoms with van der Waals surface area (Å²) in [5, 5.41) is 10.2. The molecule has 2 N–H and O–H groups in total. The monoisotopic (exact) mass is 314 g/mol. The van der Waals surface area contributed by atoms with Gasteiger partial charge in [0.1, 0.15) is 5.54 Å². The van der Waals surface area contributed by atoms with E-state index >= 15 is 0 Å². The minimum absolute atomic E-state index is 0.219. The molecule has 0 bridgehead atoms. The van der Waals surface area contributed by atoms with Crippen LogP contribution in [0.2, 0.25) is 0 Å². The lowest BCUT2D eigenvalue weighted by molar-refractivity contribution is -0.150. The highest BCUT2D eigenvalue weighted by Gasteiger charge is 2.51. The number of carbonyl (C=O) groups excluding carboxylic acids is 1. The SMILES string of the molecule is CCOC(=O)C(CSc1n[nH]c(=O)n1CC)(NC)C1CC1. The van der Waals surface area contributed by atoms with E-state index in [0.717, 1.165) is 12.8 Å². The fourth-order valence-electron chi connectivity index (χ4n) is 2.43. The molecule has 7 nitrogen and oxygen atoms in total. The van der Waals surface area contributed by atoms with Crippen LogP contribution in [0.1, 0.15) is 26.7 Å². The predicted molar refractivity (Wildman–Crippen MR) is 80.4 cm³/mol. The van der Waals surface area contributed by atoms with Crippen LogP contribution in [0.3, 0.4) is 0 Å². The molecule has 0 amide bonds. The molecule has 118 valence electrons. The molecule has 2 rings (SSSR count). The van der Waals surface area contributed by atoms with Gasteiger partial charge < -0.3 is 10.1 Å². The summed E-state index contributed by atoms with van der Waals surface area (Å²) in [6.45, 7) is 4.61. The van der Waals surface area contributed by atoms with Crippen molar-refractivity contribution in [3.63, 3.8) is 0 Å². The number of nitrogens with one attached hydrogen (secondary N) is 2. The quantitative estimate of drug-likeness (QED) is 0.540. The van der Waals surface area contributed by atoms with E-state index in [-0.39, 0.29) is 17.6 Å². The first kappa shape index (κ1) is 16.1. The molecule has 1 saturated carbocycles. The van der Waals surface area contributed by atoms with Gasteiger partial charge in [-0.25, -0.2) is 9.89 Å². The number of nitrogens with zero attached hydrogens (tertiary/aromatic N) is 2. The Bertz CT molecular complexity index is 552. The molecule has 1 aliphatic rings. The second-order valence-corrected chi connectivity index (χ2v) is 6.00. The van der Waals surface area contributed by atoms with Gasteiger partial charge in [-0.1, -0.05) is 11.8 Å². The van der Waals surface area contributed by atoms with Crippen molar-refractivity contribution in [1.82, 2.24) is 20.1 Å². The van der Waals surface area contributed by atoms with Crippen LogP contribution in [-0.4, -0.2) is 45.7 Å². The Kier molecular flexibility index (Phi) is 5.10. The Morgan fingerprint density at radius 1 is 1.57 bits per heavy atom. The number of rotatable bonds is 8. The second kappa shape index (κ2) is 6.65. The van der Waals surface area contributed by atoms with Gasteiger partial charge in [0.25, 0.3) is 0 Å². The molecule has 1 aromatic rings. The van der Waals surface area contributed by atoms with Crippen molar-refractivity contribution in [2.45, 2.75) is 43.9 Å². The summed E-state index contributed by atoms with van der Waals surface area (Å²) in [6.07, 6.45) is 2.03. The van der Waals surface area contributed by atoms with E-state index in [1.165, 1.54) is 11.8 Å². The molecule has 0 spiro atoms. The molecule has 1 unspecified atom stereocenters. The normalized spacial score (nSPS) is 17.5. The minimum Gasteiger partial charge on any atom is -0.465 e. The lowest BCUT2D eigenvalue weighted by Crippen LogP contribution is -2.55. The van der Waals surface area contributed by atoms with Gasteiger partial charge in [-0.2, -0.15) is 0 Å². The first-order valence-electron chi connectivity index (χ1n) is 7.23. The zero-order chi connectivity index (χ0) is 15.5. The number of ether oxygens (including phenoxy) is 1. The molecule has 21 heavy (non-hydrogen) atoms. The van der Waals surface area contributed by atoms with Crippen molar-refractivity contribution in [3.8, 4) is 0 Å². The second-order valence-electron chi connectivity index (χ2n) is 5.06. The Balaban J connectivity index is 2.15. The van der Waals surface area contributed by atoms with Crippen LogP contribution in [0.25, 0.3) is 0 Å². The number of esters is 1. The predicted octanol–water partition coefficient (Wildman–Crippen LogP) is 0.615. The number of aromatic nitrogens is 3. The third-order valence-electron chi connectivity index (χ3n) is 3.83. The van der Waals surface area contributed by atoms with Gasteiger partial charge in [0.15, 0.2) is 5.16 Å². The third-order valence-corrected chi connectivity index (χ3v) is 5.00. The van der Waals surface area contributed by atoms with E-state index in [2.05, 4.69) is 15.5 Å². The molecule has 1 atom stereocenters. The Hall–Kier alpha value is -1.28. The van der Waals surface area contributed by atoms with Gasteiger partial charge in [0.2, 0.25) is 0 Å². The van der Waals surface area contributed by atoms with Crippen LogP contribution in [0, 0.1) is 5.92 Å². The van der Waals surface area contributed by atoms with Gasteiger partial charge in [-0.3, -0.25) is 9.36 Å². The zero-order valence-corrected chi connectivity index (χ0v) is 13.5. The van der Waals surface area contributed by atoms with Crippen molar-refractivity contribution < 1.29 is 9.53 Å². The number of aromatic amines is 1. The zero-order valence-electron chi connectivity index (χ0n) is 12.6. The average molecular weight is 314 g/mol. The number of thioether (sulfide) groups is 1. The highest BCUT2D eigenvalue weighted by Crippen LogP contribution is 2.42. The lowest BCUT2D eigenvalue weighted by Gasteiger charge is -2.30. The molecule has 0 radical (unpaired) electrons. The molecule has 8 heteroatoms. The fourth-order valence-corrected chi connectivity index (χ4v) is 3.76. The highest BCUT2D eigenvalue weighted by atomic mass is 32.2. The molecule has 0 aliphatic heterocycles. The number of hydrogen-bond acceptors (Lipinski definition) is 6. The molecular formula is C13H22N4O3S. The maximum atomic E-state index is 12.4. The highest BCUT2D eigenvalue weighted by molar-refractivity contribution is 7.99. The molecule has 1 aliphatic carbocycles. The first-order chi connectivity index (χ1) is 10.1. The Labute approximate surface area is 127 Å². The van der Waals surface area contributed by atoms with Crippen molar-refractivity contribution >= 4 is 17.7 Å². The summed E-state index contributed by atoms with van der Waals surface area (Å²) in [6, 6.07) is 0. The molecule has 1 aromatic heterocycles. The number of likely N-dealkylation sites (N-methyl/N-ethyl adjacent to an activating group) is 1. The number of hydrogen-bond donors (Lipinski definition) is 2. The lowest BCUT2D eigenvalue weighted by atomic mass is 9.96. The van der Waals surface area contributed by atoms with Crippen molar-refractivity contribution in [3.05, 3.63) is 10.5 Å². The number of H-pyrrole nitrogens is 1. The molecule has 1 heterocycles. The maximum absolute atomic E-state index is 12.4. The van der Waals surface area contributed by atoms with E-state index in [9.17, 15) is 9.59 Å². The minimum atomic E-state index is -0.700. The van der Waals surface area contributed by atoms with Gasteiger partial charge in [0.05, 0.1) is 6.61 Å². The maximum Gasteiger partial charge on any atom is 0.343 e. The Morgan fingerprint density at radius 2 is 2.29 bits per heavy atom. The van der Waals surface area contributed by atoms with Crippen molar-refractivity contribution in [1.29, 1.82) is 0 Å². The van der Waals surface area contributed by atoms with E-state index in [1.54, 1.807) is 18.5 Å². The van der Waals surface area contributed by atoms with Gasteiger partial charge in [-0.15, -0.1) is 5.10 Å². The first-order valence-corrected chi connectivity index (χ1v) is 8.21. The van der Waals surface area contributed by atoms with Crippen LogP contribution in [0.15, 0.2) is 9.95 Å². The van der Waals surface area contributed by atoms with Crippen molar-refractivity contribution in [2.75, 3.05) is 19.4 Å². The van der Waals surface area contributed by atoms with E-state index in [0.29, 0.717) is 24.1 Å². The van der Waals surface area contributed by atoms with Crippen LogP contribution in [0.4, 0.5) is 0 Å². The van der Waals surface area contributed by atoms with Gasteiger partial charge >= 0.3 is 11.7 Å². The van der Waals surface area contributed by atoms with Crippen LogP contribution < -0.4 is 11.0 Å². The summed E-state index contributed by atoms with van der Waals surface area (Å²) < 4.78 is 6.80. The molecule has 1 fully saturated rings. The van der Waals surface area contributed by atoms with Crippen molar-refractivity contribution in [2.24, 2.45) is 5.92 Å². The smallest absolute Gasteiger partial charge is 0.343 e. The molecule has 0 aromatic carbocycles. The molecule has 0 saturated heterocycles. The fraction of sp³-hybridized carbons (Fsp3) is 0.769. The summed E-state index contributed by atoms with van der Waals surface area (Å²) in [5.41, 5.74) is -0.925. The topological polar surface area (TPSA) is 89.0 Å². The summed E-state index contributed by atoms with van der Waals surface area (Å²) in [7, 11) is 1.78. The standard InChI is InChI=1S/C13H22N4O3S/c1-4-17-11(19)15-16-12(17)21-8-13(14-3,9-6-7-9)10(18)20-5-2/h9,14H,4-8H2,1-3H3,(H,15,19). The van der Waals surface area contributed by atoms with Crippen LogP contribution in [-0.2, 0) is 16.1 Å². The van der Waals surface area contributed by atoms with E-state index in [1.807, 2.05) is 6.92 Å². The molecular weight excluding hydrogens is 292 g/mol. The van der Waals surface area contributed by atoms with Crippen LogP contribution >= 0.6 is 11.8 Å². The summed E-state index contributed by atoms with van der Waals surface area (Å²) >= 11 is 1.40. The third kappa shape index (κ3) is 3.16. The van der Waals surface area contributed by atoms with E-state index in [4.69, 9.17) is 4.74 Å². The Morgan fingerprint density at radius 3 is 2.81 bits per heavy atom. The summed E-state index contributed by atoms with van der Waals surface area (Å²) in [4.78, 5) is 23.9. The van der Waals surface area contributed by atoms with E-state index < -0.39 is 5.54 Å². The summed E-state index contributed by atoms with van der Waals surface area (Å²) in [5.74, 6) is 0.565.